The first kappa shape index (κ1) is 22.0. The number of rotatable bonds is 3. The lowest BCUT2D eigenvalue weighted by Gasteiger charge is -2.36. The molecule has 2 aromatic rings. The van der Waals surface area contributed by atoms with E-state index in [1.54, 1.807) is 35.9 Å². The van der Waals surface area contributed by atoms with E-state index in [9.17, 15) is 14.4 Å². The van der Waals surface area contributed by atoms with Gasteiger partial charge in [0.25, 0.3) is 11.5 Å². The molecule has 2 aliphatic rings. The fourth-order valence-corrected chi connectivity index (χ4v) is 4.56. The minimum atomic E-state index is -0.313. The summed E-state index contributed by atoms with van der Waals surface area (Å²) < 4.78 is 1.50. The van der Waals surface area contributed by atoms with E-state index in [0.29, 0.717) is 31.9 Å². The van der Waals surface area contributed by atoms with Crippen LogP contribution in [0.5, 0.6) is 0 Å². The molecule has 9 nitrogen and oxygen atoms in total. The number of likely N-dealkylation sites (tertiary alicyclic amines) is 1. The van der Waals surface area contributed by atoms with E-state index in [2.05, 4.69) is 5.32 Å². The zero-order chi connectivity index (χ0) is 23.0. The predicted octanol–water partition coefficient (Wildman–Crippen LogP) is 1.80. The molecular formula is C23H30N6O3. The third-order valence-electron chi connectivity index (χ3n) is 6.61. The lowest BCUT2D eigenvalue weighted by atomic mass is 9.99. The summed E-state index contributed by atoms with van der Waals surface area (Å²) in [6, 6.07) is 3.09. The van der Waals surface area contributed by atoms with Gasteiger partial charge in [0.1, 0.15) is 11.4 Å². The average Bonchev–Trinajstić information content (AvgIpc) is 2.81. The van der Waals surface area contributed by atoms with Crippen LogP contribution in [0.3, 0.4) is 0 Å². The van der Waals surface area contributed by atoms with E-state index in [1.165, 1.54) is 4.57 Å². The van der Waals surface area contributed by atoms with Crippen LogP contribution in [0.15, 0.2) is 16.9 Å². The molecule has 2 aromatic heterocycles. The quantitative estimate of drug-likeness (QED) is 0.784. The Bertz CT molecular complexity index is 1130. The number of amides is 2. The summed E-state index contributed by atoms with van der Waals surface area (Å²) in [7, 11) is 3.50. The molecule has 1 atom stereocenters. The van der Waals surface area contributed by atoms with Gasteiger partial charge in [-0.15, -0.1) is 0 Å². The number of hydrogen-bond donors (Lipinski definition) is 1. The molecular weight excluding hydrogens is 408 g/mol. The fourth-order valence-electron chi connectivity index (χ4n) is 4.56. The first-order valence-corrected chi connectivity index (χ1v) is 11.1. The van der Waals surface area contributed by atoms with Gasteiger partial charge in [0.05, 0.1) is 18.3 Å². The Hall–Kier alpha value is -3.23. The van der Waals surface area contributed by atoms with Crippen LogP contribution < -0.4 is 10.9 Å². The van der Waals surface area contributed by atoms with Crippen molar-refractivity contribution in [2.24, 2.45) is 7.05 Å². The van der Waals surface area contributed by atoms with Crippen molar-refractivity contribution in [3.05, 3.63) is 50.8 Å². The number of pyridine rings is 1. The summed E-state index contributed by atoms with van der Waals surface area (Å²) in [4.78, 5) is 51.2. The molecule has 0 bridgehead atoms. The summed E-state index contributed by atoms with van der Waals surface area (Å²) >= 11 is 0. The van der Waals surface area contributed by atoms with Crippen LogP contribution in [0.2, 0.25) is 0 Å². The van der Waals surface area contributed by atoms with Crippen molar-refractivity contribution in [3.63, 3.8) is 0 Å². The molecule has 0 spiro atoms. The maximum atomic E-state index is 13.4. The van der Waals surface area contributed by atoms with Crippen molar-refractivity contribution in [1.82, 2.24) is 24.3 Å². The van der Waals surface area contributed by atoms with E-state index in [-0.39, 0.29) is 29.0 Å². The second-order valence-corrected chi connectivity index (χ2v) is 8.56. The lowest BCUT2D eigenvalue weighted by Crippen LogP contribution is -2.42. The van der Waals surface area contributed by atoms with Gasteiger partial charge in [-0.3, -0.25) is 14.4 Å². The molecule has 2 amide bonds. The van der Waals surface area contributed by atoms with Crippen LogP contribution in [-0.2, 0) is 24.8 Å². The molecule has 1 saturated heterocycles. The van der Waals surface area contributed by atoms with Gasteiger partial charge in [-0.05, 0) is 44.7 Å². The molecule has 4 rings (SSSR count). The molecule has 0 aromatic carbocycles. The molecule has 1 N–H and O–H groups in total. The number of fused-ring (bicyclic) bond motifs is 1. The third-order valence-corrected chi connectivity index (χ3v) is 6.61. The first-order valence-electron chi connectivity index (χ1n) is 11.1. The molecule has 0 aliphatic carbocycles. The Balaban J connectivity index is 1.72. The van der Waals surface area contributed by atoms with Crippen LogP contribution >= 0.6 is 0 Å². The SMILES string of the molecule is CNc1nc([C@H]2CCCCN2C(=O)c2ccc(C)n(C)c2=O)nc2c1CCN(C(C)=O)C2. The zero-order valence-corrected chi connectivity index (χ0v) is 19.1. The highest BCUT2D eigenvalue weighted by molar-refractivity contribution is 5.94. The van der Waals surface area contributed by atoms with Crippen molar-refractivity contribution < 1.29 is 9.59 Å². The van der Waals surface area contributed by atoms with Gasteiger partial charge < -0.3 is 19.7 Å². The van der Waals surface area contributed by atoms with Gasteiger partial charge in [-0.25, -0.2) is 9.97 Å². The first-order chi connectivity index (χ1) is 15.3. The summed E-state index contributed by atoms with van der Waals surface area (Å²) in [6.07, 6.45) is 3.25. The van der Waals surface area contributed by atoms with E-state index in [0.717, 1.165) is 42.0 Å². The largest absolute Gasteiger partial charge is 0.373 e. The summed E-state index contributed by atoms with van der Waals surface area (Å²) in [5.41, 5.74) is 2.52. The van der Waals surface area contributed by atoms with Gasteiger partial charge in [0.15, 0.2) is 5.82 Å². The Morgan fingerprint density at radius 3 is 2.66 bits per heavy atom. The highest BCUT2D eigenvalue weighted by atomic mass is 16.2. The topological polar surface area (TPSA) is 100 Å². The Kier molecular flexibility index (Phi) is 5.99. The number of aromatic nitrogens is 3. The van der Waals surface area contributed by atoms with Gasteiger partial charge in [-0.1, -0.05) is 0 Å². The standard InChI is InChI=1S/C23H30N6O3/c1-14-8-9-17(22(31)27(14)4)23(32)29-11-6-5-7-19(29)21-25-18-13-28(15(2)30)12-10-16(18)20(24-3)26-21/h8-9,19H,5-7,10-13H2,1-4H3,(H,24,25,26)/t19-/m1/s1. The number of nitrogens with zero attached hydrogens (tertiary/aromatic N) is 5. The number of nitrogens with one attached hydrogen (secondary N) is 1. The predicted molar refractivity (Wildman–Crippen MR) is 120 cm³/mol. The molecule has 0 saturated carbocycles. The number of carbonyl (C=O) groups excluding carboxylic acids is 2. The maximum Gasteiger partial charge on any atom is 0.263 e. The molecule has 32 heavy (non-hydrogen) atoms. The van der Waals surface area contributed by atoms with Crippen LogP contribution in [0.25, 0.3) is 0 Å². The van der Waals surface area contributed by atoms with Crippen molar-refractivity contribution in [2.45, 2.75) is 52.1 Å². The van der Waals surface area contributed by atoms with E-state index in [4.69, 9.17) is 9.97 Å². The molecule has 0 radical (unpaired) electrons. The molecule has 4 heterocycles. The molecule has 170 valence electrons. The molecule has 2 aliphatic heterocycles. The van der Waals surface area contributed by atoms with E-state index >= 15 is 0 Å². The van der Waals surface area contributed by atoms with Crippen LogP contribution in [0.1, 0.15) is 65.4 Å². The van der Waals surface area contributed by atoms with Crippen molar-refractivity contribution in [2.75, 3.05) is 25.5 Å². The molecule has 1 fully saturated rings. The number of carbonyl (C=O) groups is 2. The average molecular weight is 439 g/mol. The van der Waals surface area contributed by atoms with E-state index < -0.39 is 0 Å². The lowest BCUT2D eigenvalue weighted by molar-refractivity contribution is -0.129. The van der Waals surface area contributed by atoms with Gasteiger partial charge in [-0.2, -0.15) is 0 Å². The summed E-state index contributed by atoms with van der Waals surface area (Å²) in [5, 5.41) is 3.17. The van der Waals surface area contributed by atoms with Crippen molar-refractivity contribution in [1.29, 1.82) is 0 Å². The minimum Gasteiger partial charge on any atom is -0.373 e. The zero-order valence-electron chi connectivity index (χ0n) is 19.1. The highest BCUT2D eigenvalue weighted by Gasteiger charge is 2.34. The maximum absolute atomic E-state index is 13.4. The Labute approximate surface area is 187 Å². The molecule has 0 unspecified atom stereocenters. The van der Waals surface area contributed by atoms with Crippen LogP contribution in [0.4, 0.5) is 5.82 Å². The Morgan fingerprint density at radius 1 is 1.16 bits per heavy atom. The fraction of sp³-hybridized carbons (Fsp3) is 0.522. The molecule has 9 heteroatoms. The van der Waals surface area contributed by atoms with Gasteiger partial charge >= 0.3 is 0 Å². The number of hydrogen-bond acceptors (Lipinski definition) is 6. The van der Waals surface area contributed by atoms with Gasteiger partial charge in [0.2, 0.25) is 5.91 Å². The summed E-state index contributed by atoms with van der Waals surface area (Å²) in [5.74, 6) is 1.05. The highest BCUT2D eigenvalue weighted by Crippen LogP contribution is 2.33. The second-order valence-electron chi connectivity index (χ2n) is 8.56. The third kappa shape index (κ3) is 3.87. The minimum absolute atomic E-state index is 0.0199. The van der Waals surface area contributed by atoms with Crippen LogP contribution in [-0.4, -0.2) is 56.3 Å². The van der Waals surface area contributed by atoms with Crippen LogP contribution in [0, 0.1) is 6.92 Å². The summed E-state index contributed by atoms with van der Waals surface area (Å²) in [6.45, 7) is 5.04. The van der Waals surface area contributed by atoms with Gasteiger partial charge in [0, 0.05) is 45.4 Å². The Morgan fingerprint density at radius 2 is 1.94 bits per heavy atom. The van der Waals surface area contributed by atoms with E-state index in [1.807, 2.05) is 14.0 Å². The normalized spacial score (nSPS) is 18.3. The smallest absolute Gasteiger partial charge is 0.263 e. The second kappa shape index (κ2) is 8.72. The monoisotopic (exact) mass is 438 g/mol. The number of anilines is 1. The number of aryl methyl sites for hydroxylation is 1. The number of piperidine rings is 1. The van der Waals surface area contributed by atoms with Crippen molar-refractivity contribution >= 4 is 17.6 Å². The van der Waals surface area contributed by atoms with Crippen molar-refractivity contribution in [3.8, 4) is 0 Å².